The fourth-order valence-electron chi connectivity index (χ4n) is 4.96. The Kier molecular flexibility index (Phi) is 4.19. The summed E-state index contributed by atoms with van der Waals surface area (Å²) in [7, 11) is 4.19. The number of hydrogen-bond acceptors (Lipinski definition) is 4. The Morgan fingerprint density at radius 2 is 2.00 bits per heavy atom. The van der Waals surface area contributed by atoms with Gasteiger partial charge in [0.1, 0.15) is 5.82 Å². The van der Waals surface area contributed by atoms with Crippen LogP contribution in [0.25, 0.3) is 22.3 Å². The van der Waals surface area contributed by atoms with Gasteiger partial charge in [0.15, 0.2) is 5.69 Å². The Morgan fingerprint density at radius 3 is 2.71 bits per heavy atom. The number of carbonyl (C=O) groups excluding carboxylic acids is 1. The van der Waals surface area contributed by atoms with Gasteiger partial charge in [-0.15, -0.1) is 0 Å². The van der Waals surface area contributed by atoms with Gasteiger partial charge in [0, 0.05) is 48.5 Å². The number of hydrogen-bond donors (Lipinski definition) is 2. The van der Waals surface area contributed by atoms with Crippen LogP contribution in [0.4, 0.5) is 0 Å². The lowest BCUT2D eigenvalue weighted by atomic mass is 9.82. The summed E-state index contributed by atoms with van der Waals surface area (Å²) >= 11 is 0. The van der Waals surface area contributed by atoms with Crippen LogP contribution in [0.3, 0.4) is 0 Å². The second-order valence-corrected chi connectivity index (χ2v) is 8.24. The van der Waals surface area contributed by atoms with Crippen molar-refractivity contribution in [1.29, 1.82) is 0 Å². The van der Waals surface area contributed by atoms with E-state index in [2.05, 4.69) is 32.4 Å². The van der Waals surface area contributed by atoms with Crippen molar-refractivity contribution in [3.63, 3.8) is 0 Å². The Morgan fingerprint density at radius 1 is 1.21 bits per heavy atom. The van der Waals surface area contributed by atoms with E-state index < -0.39 is 0 Å². The molecule has 1 aromatic carbocycles. The molecule has 0 aliphatic carbocycles. The van der Waals surface area contributed by atoms with Crippen LogP contribution >= 0.6 is 0 Å². The van der Waals surface area contributed by atoms with Crippen LogP contribution in [0.1, 0.15) is 42.6 Å². The topological polar surface area (TPSA) is 78.8 Å². The molecule has 4 heterocycles. The molecule has 1 amide bonds. The molecular weight excluding hydrogens is 352 g/mol. The van der Waals surface area contributed by atoms with Gasteiger partial charge in [-0.3, -0.25) is 9.89 Å². The van der Waals surface area contributed by atoms with Crippen LogP contribution < -0.4 is 5.32 Å². The molecule has 1 unspecified atom stereocenters. The van der Waals surface area contributed by atoms with Gasteiger partial charge in [-0.1, -0.05) is 6.42 Å². The molecule has 3 aromatic rings. The molecule has 0 spiro atoms. The first-order valence-corrected chi connectivity index (χ1v) is 10.1. The number of carbonyl (C=O) groups is 1. The highest BCUT2D eigenvalue weighted by atomic mass is 16.2. The van der Waals surface area contributed by atoms with Crippen LogP contribution in [0.2, 0.25) is 0 Å². The van der Waals surface area contributed by atoms with Crippen molar-refractivity contribution >= 4 is 16.8 Å². The quantitative estimate of drug-likeness (QED) is 0.734. The number of nitrogens with one attached hydrogen (secondary N) is 2. The maximum atomic E-state index is 13.0. The Balaban J connectivity index is 1.40. The van der Waals surface area contributed by atoms with Crippen molar-refractivity contribution in [3.8, 4) is 11.4 Å². The third-order valence-electron chi connectivity index (χ3n) is 6.53. The highest BCUT2D eigenvalue weighted by molar-refractivity contribution is 6.05. The SMILES string of the molecule is CN1[C@@H]2CCC[C@H]1CC(NC(=O)c1n[nH]c3ccc(-c4nccn4C)cc13)C2. The molecule has 2 N–H and O–H groups in total. The molecule has 146 valence electrons. The van der Waals surface area contributed by atoms with E-state index in [9.17, 15) is 4.79 Å². The molecule has 2 aliphatic rings. The van der Waals surface area contributed by atoms with Gasteiger partial charge in [-0.2, -0.15) is 5.10 Å². The predicted molar refractivity (Wildman–Crippen MR) is 108 cm³/mol. The minimum absolute atomic E-state index is 0.0872. The number of aromatic nitrogens is 4. The smallest absolute Gasteiger partial charge is 0.272 e. The van der Waals surface area contributed by atoms with Crippen LogP contribution in [0.5, 0.6) is 0 Å². The first kappa shape index (κ1) is 17.4. The van der Waals surface area contributed by atoms with E-state index in [1.807, 2.05) is 36.0 Å². The number of benzene rings is 1. The van der Waals surface area contributed by atoms with E-state index in [0.717, 1.165) is 35.1 Å². The lowest BCUT2D eigenvalue weighted by Crippen LogP contribution is -2.55. The fourth-order valence-corrected chi connectivity index (χ4v) is 4.96. The maximum absolute atomic E-state index is 13.0. The molecule has 2 aliphatic heterocycles. The summed E-state index contributed by atoms with van der Waals surface area (Å²) in [6.45, 7) is 0. The number of aryl methyl sites for hydroxylation is 1. The largest absolute Gasteiger partial charge is 0.348 e. The van der Waals surface area contributed by atoms with E-state index in [-0.39, 0.29) is 11.9 Å². The van der Waals surface area contributed by atoms with Crippen molar-refractivity contribution in [2.24, 2.45) is 7.05 Å². The van der Waals surface area contributed by atoms with Crippen LogP contribution in [-0.4, -0.2) is 55.7 Å². The second kappa shape index (κ2) is 6.74. The monoisotopic (exact) mass is 378 g/mol. The molecule has 3 atom stereocenters. The van der Waals surface area contributed by atoms with Crippen molar-refractivity contribution < 1.29 is 4.79 Å². The van der Waals surface area contributed by atoms with Crippen molar-refractivity contribution in [3.05, 3.63) is 36.3 Å². The highest BCUT2D eigenvalue weighted by Crippen LogP contribution is 2.33. The fraction of sp³-hybridized carbons (Fsp3) is 0.476. The molecular formula is C21H26N6O. The van der Waals surface area contributed by atoms with Crippen molar-refractivity contribution in [1.82, 2.24) is 30.0 Å². The third kappa shape index (κ3) is 2.90. The summed E-state index contributed by atoms with van der Waals surface area (Å²) in [4.78, 5) is 19.9. The number of amides is 1. The Bertz CT molecular complexity index is 1010. The van der Waals surface area contributed by atoms with E-state index in [4.69, 9.17) is 0 Å². The number of rotatable bonds is 3. The van der Waals surface area contributed by atoms with E-state index in [0.29, 0.717) is 17.8 Å². The molecule has 0 radical (unpaired) electrons. The Labute approximate surface area is 164 Å². The van der Waals surface area contributed by atoms with E-state index in [1.165, 1.54) is 19.3 Å². The molecule has 2 aromatic heterocycles. The third-order valence-corrected chi connectivity index (χ3v) is 6.53. The summed E-state index contributed by atoms with van der Waals surface area (Å²) in [6.07, 6.45) is 9.52. The van der Waals surface area contributed by atoms with Crippen LogP contribution in [0, 0.1) is 0 Å². The van der Waals surface area contributed by atoms with Crippen LogP contribution in [0.15, 0.2) is 30.6 Å². The second-order valence-electron chi connectivity index (χ2n) is 8.24. The standard InChI is InChI=1S/C21H26N6O/c1-26-9-8-22-20(26)13-6-7-18-17(10-13)19(25-24-18)21(28)23-14-11-15-4-3-5-16(12-14)27(15)2/h6-10,14-16H,3-5,11-12H2,1-2H3,(H,23,28)(H,24,25)/t14?,15-,16+. The predicted octanol–water partition coefficient (Wildman–Crippen LogP) is 2.71. The molecule has 2 bridgehead atoms. The van der Waals surface area contributed by atoms with Gasteiger partial charge < -0.3 is 14.8 Å². The molecule has 2 saturated heterocycles. The zero-order valence-electron chi connectivity index (χ0n) is 16.4. The summed E-state index contributed by atoms with van der Waals surface area (Å²) < 4.78 is 1.97. The molecule has 2 fully saturated rings. The van der Waals surface area contributed by atoms with E-state index in [1.54, 1.807) is 6.20 Å². The number of imidazole rings is 1. The van der Waals surface area contributed by atoms with Gasteiger partial charge in [-0.05, 0) is 50.9 Å². The summed E-state index contributed by atoms with van der Waals surface area (Å²) in [6, 6.07) is 7.36. The number of aromatic amines is 1. The molecule has 28 heavy (non-hydrogen) atoms. The van der Waals surface area contributed by atoms with Gasteiger partial charge in [0.25, 0.3) is 5.91 Å². The van der Waals surface area contributed by atoms with E-state index >= 15 is 0 Å². The lowest BCUT2D eigenvalue weighted by Gasteiger charge is -2.47. The summed E-state index contributed by atoms with van der Waals surface area (Å²) in [5, 5.41) is 11.4. The lowest BCUT2D eigenvalue weighted by molar-refractivity contribution is 0.0462. The first-order chi connectivity index (χ1) is 13.6. The molecule has 7 heteroatoms. The van der Waals surface area contributed by atoms with Gasteiger partial charge in [-0.25, -0.2) is 4.98 Å². The first-order valence-electron chi connectivity index (χ1n) is 10.1. The molecule has 7 nitrogen and oxygen atoms in total. The van der Waals surface area contributed by atoms with Crippen molar-refractivity contribution in [2.45, 2.75) is 50.2 Å². The van der Waals surface area contributed by atoms with Gasteiger partial charge in [0.2, 0.25) is 0 Å². The highest BCUT2D eigenvalue weighted by Gasteiger charge is 2.36. The average Bonchev–Trinajstić information content (AvgIpc) is 3.28. The maximum Gasteiger partial charge on any atom is 0.272 e. The summed E-state index contributed by atoms with van der Waals surface area (Å²) in [5.41, 5.74) is 2.31. The molecule has 5 rings (SSSR count). The average molecular weight is 378 g/mol. The normalized spacial score (nSPS) is 25.1. The number of nitrogens with zero attached hydrogens (tertiary/aromatic N) is 4. The van der Waals surface area contributed by atoms with Crippen molar-refractivity contribution in [2.75, 3.05) is 7.05 Å². The number of fused-ring (bicyclic) bond motifs is 3. The van der Waals surface area contributed by atoms with Gasteiger partial charge >= 0.3 is 0 Å². The summed E-state index contributed by atoms with van der Waals surface area (Å²) in [5.74, 6) is 0.786. The minimum Gasteiger partial charge on any atom is -0.348 e. The molecule has 0 saturated carbocycles. The number of H-pyrrole nitrogens is 1. The Hall–Kier alpha value is -2.67. The van der Waals surface area contributed by atoms with Crippen LogP contribution in [-0.2, 0) is 7.05 Å². The zero-order valence-corrected chi connectivity index (χ0v) is 16.4. The zero-order chi connectivity index (χ0) is 19.3. The van der Waals surface area contributed by atoms with Gasteiger partial charge in [0.05, 0.1) is 5.52 Å². The minimum atomic E-state index is -0.0872. The number of piperidine rings is 2.